The summed E-state index contributed by atoms with van der Waals surface area (Å²) in [7, 11) is 0. The number of primary amides is 1. The van der Waals surface area contributed by atoms with Crippen LogP contribution in [-0.4, -0.2) is 22.3 Å². The Balaban J connectivity index is 2.30. The molecule has 0 aliphatic heterocycles. The van der Waals surface area contributed by atoms with Gasteiger partial charge in [-0.1, -0.05) is 35.9 Å². The summed E-state index contributed by atoms with van der Waals surface area (Å²) < 4.78 is 0. The van der Waals surface area contributed by atoms with Crippen molar-refractivity contribution in [3.63, 3.8) is 0 Å². The summed E-state index contributed by atoms with van der Waals surface area (Å²) in [5, 5.41) is 4.62. The van der Waals surface area contributed by atoms with E-state index >= 15 is 0 Å². The number of pyridine rings is 1. The Kier molecular flexibility index (Phi) is 4.14. The molecule has 0 saturated carbocycles. The van der Waals surface area contributed by atoms with E-state index in [4.69, 9.17) is 17.3 Å². The van der Waals surface area contributed by atoms with E-state index in [2.05, 4.69) is 10.3 Å². The Morgan fingerprint density at radius 3 is 2.67 bits per heavy atom. The van der Waals surface area contributed by atoms with Gasteiger partial charge in [0.05, 0.1) is 0 Å². The molecule has 3 N–H and O–H groups in total. The van der Waals surface area contributed by atoms with Gasteiger partial charge in [0.2, 0.25) is 5.91 Å². The Hall–Kier alpha value is -2.14. The highest BCUT2D eigenvalue weighted by Gasteiger charge is 2.24. The second-order valence-corrected chi connectivity index (χ2v) is 5.86. The van der Waals surface area contributed by atoms with E-state index in [0.29, 0.717) is 0 Å². The first-order chi connectivity index (χ1) is 9.78. The van der Waals surface area contributed by atoms with Crippen molar-refractivity contribution in [2.24, 2.45) is 5.73 Å². The fraction of sp³-hybridized carbons (Fsp3) is 0.267. The molecule has 0 unspecified atom stereocenters. The third-order valence-corrected chi connectivity index (χ3v) is 3.28. The first-order valence-electron chi connectivity index (χ1n) is 6.44. The predicted molar refractivity (Wildman–Crippen MR) is 82.1 cm³/mol. The molecule has 21 heavy (non-hydrogen) atoms. The summed E-state index contributed by atoms with van der Waals surface area (Å²) >= 11 is 6.10. The van der Waals surface area contributed by atoms with Crippen molar-refractivity contribution in [1.29, 1.82) is 0 Å². The summed E-state index contributed by atoms with van der Waals surface area (Å²) in [5.74, 6) is -0.876. The average Bonchev–Trinajstić information content (AvgIpc) is 2.36. The van der Waals surface area contributed by atoms with Gasteiger partial charge < -0.3 is 11.1 Å². The van der Waals surface area contributed by atoms with Gasteiger partial charge in [0.1, 0.15) is 10.8 Å². The van der Waals surface area contributed by atoms with Gasteiger partial charge in [-0.3, -0.25) is 9.59 Å². The minimum Gasteiger partial charge on any atom is -0.370 e. The van der Waals surface area contributed by atoms with Crippen molar-refractivity contribution in [3.05, 3.63) is 41.2 Å². The number of hydrogen-bond donors (Lipinski definition) is 2. The molecule has 0 spiro atoms. The van der Waals surface area contributed by atoms with Crippen LogP contribution in [0.25, 0.3) is 10.8 Å². The summed E-state index contributed by atoms with van der Waals surface area (Å²) in [5.41, 5.74) is 4.62. The number of nitrogens with one attached hydrogen (secondary N) is 1. The lowest BCUT2D eigenvalue weighted by Gasteiger charge is -2.24. The minimum absolute atomic E-state index is 0.0417. The number of benzene rings is 1. The summed E-state index contributed by atoms with van der Waals surface area (Å²) in [6.07, 6.45) is 0.0417. The Labute approximate surface area is 127 Å². The Morgan fingerprint density at radius 1 is 1.33 bits per heavy atom. The van der Waals surface area contributed by atoms with Crippen LogP contribution in [0.1, 0.15) is 30.8 Å². The molecule has 110 valence electrons. The maximum atomic E-state index is 12.3. The smallest absolute Gasteiger partial charge is 0.270 e. The molecule has 2 aromatic rings. The van der Waals surface area contributed by atoms with Crippen LogP contribution in [0.4, 0.5) is 0 Å². The van der Waals surface area contributed by atoms with E-state index in [9.17, 15) is 9.59 Å². The molecule has 0 aliphatic carbocycles. The molecule has 1 heterocycles. The molecule has 2 amide bonds. The van der Waals surface area contributed by atoms with Gasteiger partial charge in [-0.2, -0.15) is 0 Å². The van der Waals surface area contributed by atoms with Gasteiger partial charge in [0.15, 0.2) is 0 Å². The molecule has 0 fully saturated rings. The molecule has 0 aliphatic rings. The van der Waals surface area contributed by atoms with Crippen molar-refractivity contribution in [2.75, 3.05) is 0 Å². The molecule has 2 rings (SSSR count). The van der Waals surface area contributed by atoms with E-state index in [1.165, 1.54) is 0 Å². The van der Waals surface area contributed by atoms with Crippen LogP contribution in [0.15, 0.2) is 30.3 Å². The van der Waals surface area contributed by atoms with Crippen LogP contribution in [0.3, 0.4) is 0 Å². The van der Waals surface area contributed by atoms with Gasteiger partial charge in [-0.05, 0) is 25.3 Å². The number of halogens is 1. The number of fused-ring (bicyclic) bond motifs is 1. The number of carbonyl (C=O) groups is 2. The van der Waals surface area contributed by atoms with Crippen LogP contribution < -0.4 is 11.1 Å². The molecular formula is C15H16ClN3O2. The van der Waals surface area contributed by atoms with Crippen molar-refractivity contribution < 1.29 is 9.59 Å². The van der Waals surface area contributed by atoms with Crippen molar-refractivity contribution in [1.82, 2.24) is 10.3 Å². The van der Waals surface area contributed by atoms with Crippen molar-refractivity contribution in [2.45, 2.75) is 25.8 Å². The number of nitrogens with zero attached hydrogens (tertiary/aromatic N) is 1. The monoisotopic (exact) mass is 305 g/mol. The number of rotatable bonds is 4. The number of amides is 2. The first kappa shape index (κ1) is 15.3. The normalized spacial score (nSPS) is 11.4. The van der Waals surface area contributed by atoms with Crippen LogP contribution >= 0.6 is 11.6 Å². The van der Waals surface area contributed by atoms with E-state index in [-0.39, 0.29) is 17.3 Å². The second kappa shape index (κ2) is 5.69. The number of hydrogen-bond acceptors (Lipinski definition) is 3. The third-order valence-electron chi connectivity index (χ3n) is 2.99. The van der Waals surface area contributed by atoms with Gasteiger partial charge in [-0.25, -0.2) is 4.98 Å². The molecule has 0 saturated heterocycles. The Morgan fingerprint density at radius 2 is 2.00 bits per heavy atom. The van der Waals surface area contributed by atoms with E-state index in [1.807, 2.05) is 24.3 Å². The lowest BCUT2D eigenvalue weighted by molar-refractivity contribution is -0.119. The largest absolute Gasteiger partial charge is 0.370 e. The highest BCUT2D eigenvalue weighted by atomic mass is 35.5. The summed E-state index contributed by atoms with van der Waals surface area (Å²) in [6.45, 7) is 3.44. The zero-order chi connectivity index (χ0) is 15.6. The molecule has 5 nitrogen and oxygen atoms in total. The molecule has 0 atom stereocenters. The maximum Gasteiger partial charge on any atom is 0.270 e. The van der Waals surface area contributed by atoms with Crippen molar-refractivity contribution >= 4 is 34.2 Å². The number of aromatic nitrogens is 1. The molecule has 6 heteroatoms. The standard InChI is InChI=1S/C15H16ClN3O2/c1-15(2,8-12(17)20)19-14(21)11-7-9-5-3-4-6-10(9)13(16)18-11/h3-7H,8H2,1-2H3,(H2,17,20)(H,19,21). The Bertz CT molecular complexity index is 713. The fourth-order valence-corrected chi connectivity index (χ4v) is 2.39. The molecule has 1 aromatic heterocycles. The van der Waals surface area contributed by atoms with Gasteiger partial charge in [0, 0.05) is 17.3 Å². The fourth-order valence-electron chi connectivity index (χ4n) is 2.12. The first-order valence-corrected chi connectivity index (χ1v) is 6.82. The van der Waals surface area contributed by atoms with Gasteiger partial charge >= 0.3 is 0 Å². The lowest BCUT2D eigenvalue weighted by Crippen LogP contribution is -2.46. The van der Waals surface area contributed by atoms with E-state index in [0.717, 1.165) is 10.8 Å². The third kappa shape index (κ3) is 3.70. The quantitative estimate of drug-likeness (QED) is 0.850. The number of carbonyl (C=O) groups excluding carboxylic acids is 2. The highest BCUT2D eigenvalue weighted by Crippen LogP contribution is 2.22. The maximum absolute atomic E-state index is 12.3. The average molecular weight is 306 g/mol. The predicted octanol–water partition coefficient (Wildman–Crippen LogP) is 2.27. The molecular weight excluding hydrogens is 290 g/mol. The molecule has 1 aromatic carbocycles. The van der Waals surface area contributed by atoms with Crippen LogP contribution in [-0.2, 0) is 4.79 Å². The lowest BCUT2D eigenvalue weighted by atomic mass is 10.00. The van der Waals surface area contributed by atoms with Crippen LogP contribution in [0.2, 0.25) is 5.15 Å². The highest BCUT2D eigenvalue weighted by molar-refractivity contribution is 6.34. The molecule has 0 bridgehead atoms. The SMILES string of the molecule is CC(C)(CC(N)=O)NC(=O)c1cc2ccccc2c(Cl)n1. The van der Waals surface area contributed by atoms with Crippen LogP contribution in [0.5, 0.6) is 0 Å². The summed E-state index contributed by atoms with van der Waals surface area (Å²) in [4.78, 5) is 27.4. The zero-order valence-corrected chi connectivity index (χ0v) is 12.6. The topological polar surface area (TPSA) is 85.1 Å². The summed E-state index contributed by atoms with van der Waals surface area (Å²) in [6, 6.07) is 9.07. The van der Waals surface area contributed by atoms with Crippen molar-refractivity contribution in [3.8, 4) is 0 Å². The van der Waals surface area contributed by atoms with Crippen LogP contribution in [0, 0.1) is 0 Å². The second-order valence-electron chi connectivity index (χ2n) is 5.50. The van der Waals surface area contributed by atoms with Gasteiger partial charge in [0.25, 0.3) is 5.91 Å². The number of nitrogens with two attached hydrogens (primary N) is 1. The zero-order valence-electron chi connectivity index (χ0n) is 11.8. The van der Waals surface area contributed by atoms with Gasteiger partial charge in [-0.15, -0.1) is 0 Å². The van der Waals surface area contributed by atoms with E-state index < -0.39 is 17.4 Å². The van der Waals surface area contributed by atoms with E-state index in [1.54, 1.807) is 19.9 Å². The molecule has 0 radical (unpaired) electrons. The minimum atomic E-state index is -0.747.